The van der Waals surface area contributed by atoms with Gasteiger partial charge < -0.3 is 15.1 Å². The van der Waals surface area contributed by atoms with Crippen LogP contribution in [-0.2, 0) is 14.8 Å². The molecule has 0 spiro atoms. The number of aromatic amines is 2. The Bertz CT molecular complexity index is 1410. The number of hydrogen-bond donors (Lipinski definition) is 3. The highest BCUT2D eigenvalue weighted by atomic mass is 32.2. The molecule has 2 heterocycles. The van der Waals surface area contributed by atoms with Crippen molar-refractivity contribution in [3.63, 3.8) is 0 Å². The van der Waals surface area contributed by atoms with E-state index in [2.05, 4.69) is 9.97 Å². The summed E-state index contributed by atoms with van der Waals surface area (Å²) in [5.74, 6) is -1.19. The SMILES string of the molecule is CCC(=O)O.CN(c1ccc(F)cc1)S(=O)(=O)c1ccc2[nH]c(=O)c3[nH]ccc3c2c1. The van der Waals surface area contributed by atoms with Crippen LogP contribution >= 0.6 is 0 Å². The van der Waals surface area contributed by atoms with Gasteiger partial charge >= 0.3 is 5.97 Å². The van der Waals surface area contributed by atoms with E-state index in [4.69, 9.17) is 5.11 Å². The molecule has 8 nitrogen and oxygen atoms in total. The molecule has 0 amide bonds. The third-order valence-electron chi connectivity index (χ3n) is 4.65. The van der Waals surface area contributed by atoms with Gasteiger partial charge in [0.1, 0.15) is 11.3 Å². The van der Waals surface area contributed by atoms with Gasteiger partial charge in [0.05, 0.1) is 10.6 Å². The van der Waals surface area contributed by atoms with E-state index in [1.807, 2.05) is 0 Å². The predicted molar refractivity (Wildman–Crippen MR) is 116 cm³/mol. The van der Waals surface area contributed by atoms with Crippen molar-refractivity contribution in [3.05, 3.63) is 70.9 Å². The monoisotopic (exact) mass is 445 g/mol. The van der Waals surface area contributed by atoms with Crippen molar-refractivity contribution in [2.24, 2.45) is 0 Å². The van der Waals surface area contributed by atoms with Gasteiger partial charge in [0.15, 0.2) is 0 Å². The number of carboxylic acids is 1. The summed E-state index contributed by atoms with van der Waals surface area (Å²) in [7, 11) is -2.44. The second-order valence-corrected chi connectivity index (χ2v) is 8.59. The lowest BCUT2D eigenvalue weighted by Gasteiger charge is -2.19. The Balaban J connectivity index is 0.000000491. The zero-order valence-electron chi connectivity index (χ0n) is 16.7. The summed E-state index contributed by atoms with van der Waals surface area (Å²) in [4.78, 5) is 27.0. The first-order chi connectivity index (χ1) is 14.6. The molecule has 0 aliphatic carbocycles. The first-order valence-electron chi connectivity index (χ1n) is 9.24. The number of nitrogens with one attached hydrogen (secondary N) is 2. The summed E-state index contributed by atoms with van der Waals surface area (Å²) >= 11 is 0. The minimum Gasteiger partial charge on any atom is -0.481 e. The molecule has 3 N–H and O–H groups in total. The topological polar surface area (TPSA) is 123 Å². The summed E-state index contributed by atoms with van der Waals surface area (Å²) < 4.78 is 40.1. The van der Waals surface area contributed by atoms with Gasteiger partial charge in [0.25, 0.3) is 15.6 Å². The summed E-state index contributed by atoms with van der Waals surface area (Å²) in [6, 6.07) is 11.5. The van der Waals surface area contributed by atoms with Crippen LogP contribution in [0.3, 0.4) is 0 Å². The number of carboxylic acid groups (broad SMARTS) is 1. The minimum atomic E-state index is -3.85. The molecule has 0 unspecified atom stereocenters. The highest BCUT2D eigenvalue weighted by Gasteiger charge is 2.22. The van der Waals surface area contributed by atoms with Crippen molar-refractivity contribution >= 4 is 43.5 Å². The van der Waals surface area contributed by atoms with E-state index >= 15 is 0 Å². The lowest BCUT2D eigenvalue weighted by atomic mass is 10.1. The highest BCUT2D eigenvalue weighted by molar-refractivity contribution is 7.92. The van der Waals surface area contributed by atoms with Crippen molar-refractivity contribution < 1.29 is 22.7 Å². The number of sulfonamides is 1. The van der Waals surface area contributed by atoms with Gasteiger partial charge in [-0.1, -0.05) is 6.92 Å². The molecule has 0 bridgehead atoms. The molecule has 2 aromatic heterocycles. The quantitative estimate of drug-likeness (QED) is 0.444. The molecular formula is C21H20FN3O5S. The van der Waals surface area contributed by atoms with Crippen LogP contribution in [0, 0.1) is 5.82 Å². The van der Waals surface area contributed by atoms with Crippen LogP contribution in [0.2, 0.25) is 0 Å². The first kappa shape index (κ1) is 22.0. The van der Waals surface area contributed by atoms with Gasteiger partial charge in [-0.3, -0.25) is 13.9 Å². The maximum atomic E-state index is 13.1. The standard InChI is InChI=1S/C18H14FN3O3S.C3H6O2/c1-22(12-4-2-11(19)3-5-12)26(24,25)13-6-7-16-15(10-13)14-8-9-20-17(14)18(23)21-16;1-2-3(4)5/h2-10,20H,1H3,(H,21,23);2H2,1H3,(H,4,5). The molecule has 0 radical (unpaired) electrons. The maximum absolute atomic E-state index is 13.1. The molecule has 0 fully saturated rings. The van der Waals surface area contributed by atoms with Crippen molar-refractivity contribution in [2.45, 2.75) is 18.2 Å². The summed E-state index contributed by atoms with van der Waals surface area (Å²) in [6.45, 7) is 1.60. The number of pyridine rings is 1. The van der Waals surface area contributed by atoms with Gasteiger partial charge in [-0.05, 0) is 48.5 Å². The molecule has 31 heavy (non-hydrogen) atoms. The van der Waals surface area contributed by atoms with Crippen LogP contribution < -0.4 is 9.86 Å². The van der Waals surface area contributed by atoms with Crippen LogP contribution in [0.25, 0.3) is 21.8 Å². The first-order valence-corrected chi connectivity index (χ1v) is 10.7. The van der Waals surface area contributed by atoms with Crippen molar-refractivity contribution in [2.75, 3.05) is 11.4 Å². The minimum absolute atomic E-state index is 0.0753. The fourth-order valence-corrected chi connectivity index (χ4v) is 4.15. The van der Waals surface area contributed by atoms with Crippen molar-refractivity contribution in [3.8, 4) is 0 Å². The van der Waals surface area contributed by atoms with Crippen LogP contribution in [0.5, 0.6) is 0 Å². The van der Waals surface area contributed by atoms with Crippen LogP contribution in [0.4, 0.5) is 10.1 Å². The van der Waals surface area contributed by atoms with Gasteiger partial charge in [-0.2, -0.15) is 0 Å². The number of aliphatic carboxylic acids is 1. The number of nitrogens with zero attached hydrogens (tertiary/aromatic N) is 1. The molecule has 0 saturated heterocycles. The number of rotatable bonds is 4. The van der Waals surface area contributed by atoms with E-state index in [0.29, 0.717) is 27.5 Å². The van der Waals surface area contributed by atoms with Crippen LogP contribution in [0.15, 0.2) is 64.4 Å². The molecule has 10 heteroatoms. The summed E-state index contributed by atoms with van der Waals surface area (Å²) in [5, 5.41) is 8.99. The van der Waals surface area contributed by atoms with E-state index in [-0.39, 0.29) is 16.9 Å². The number of hydrogen-bond acceptors (Lipinski definition) is 4. The highest BCUT2D eigenvalue weighted by Crippen LogP contribution is 2.27. The van der Waals surface area contributed by atoms with Crippen LogP contribution in [0.1, 0.15) is 13.3 Å². The zero-order chi connectivity index (χ0) is 22.8. The Hall–Kier alpha value is -3.66. The Morgan fingerprint density at radius 1 is 1.10 bits per heavy atom. The normalized spacial score (nSPS) is 11.2. The number of H-pyrrole nitrogens is 2. The second-order valence-electron chi connectivity index (χ2n) is 6.62. The number of carbonyl (C=O) groups is 1. The molecular weight excluding hydrogens is 425 g/mol. The average molecular weight is 445 g/mol. The lowest BCUT2D eigenvalue weighted by molar-refractivity contribution is -0.136. The Kier molecular flexibility index (Phi) is 6.11. The fraction of sp³-hybridized carbons (Fsp3) is 0.143. The molecule has 0 atom stereocenters. The van der Waals surface area contributed by atoms with E-state index < -0.39 is 21.8 Å². The number of aromatic nitrogens is 2. The fourth-order valence-electron chi connectivity index (χ4n) is 2.93. The number of benzene rings is 2. The molecule has 2 aromatic carbocycles. The van der Waals surface area contributed by atoms with Crippen LogP contribution in [-0.4, -0.2) is 36.5 Å². The summed E-state index contributed by atoms with van der Waals surface area (Å²) in [5.41, 5.74) is 1.01. The smallest absolute Gasteiger partial charge is 0.303 e. The maximum Gasteiger partial charge on any atom is 0.303 e. The lowest BCUT2D eigenvalue weighted by Crippen LogP contribution is -2.26. The van der Waals surface area contributed by atoms with Gasteiger partial charge in [-0.25, -0.2) is 12.8 Å². The summed E-state index contributed by atoms with van der Waals surface area (Å²) in [6.07, 6.45) is 1.85. The molecule has 0 aliphatic heterocycles. The van der Waals surface area contributed by atoms with Crippen molar-refractivity contribution in [1.82, 2.24) is 9.97 Å². The molecule has 4 aromatic rings. The third kappa shape index (κ3) is 4.43. The third-order valence-corrected chi connectivity index (χ3v) is 6.44. The largest absolute Gasteiger partial charge is 0.481 e. The Morgan fingerprint density at radius 2 is 1.74 bits per heavy atom. The van der Waals surface area contributed by atoms with E-state index in [9.17, 15) is 22.4 Å². The molecule has 162 valence electrons. The average Bonchev–Trinajstić information content (AvgIpc) is 3.25. The van der Waals surface area contributed by atoms with Gasteiger partial charge in [0, 0.05) is 36.0 Å². The van der Waals surface area contributed by atoms with E-state index in [1.54, 1.807) is 25.3 Å². The van der Waals surface area contributed by atoms with Gasteiger partial charge in [0.2, 0.25) is 0 Å². The Morgan fingerprint density at radius 3 is 2.35 bits per heavy atom. The van der Waals surface area contributed by atoms with E-state index in [1.165, 1.54) is 43.4 Å². The van der Waals surface area contributed by atoms with E-state index in [0.717, 1.165) is 4.31 Å². The molecule has 0 aliphatic rings. The van der Waals surface area contributed by atoms with Crippen molar-refractivity contribution in [1.29, 1.82) is 0 Å². The van der Waals surface area contributed by atoms with Gasteiger partial charge in [-0.15, -0.1) is 0 Å². The Labute approximate surface area is 177 Å². The molecule has 4 rings (SSSR count). The zero-order valence-corrected chi connectivity index (χ0v) is 17.5. The second kappa shape index (κ2) is 8.60. The number of halogens is 1. The predicted octanol–water partition coefficient (Wildman–Crippen LogP) is 3.45. The number of fused-ring (bicyclic) bond motifs is 3. The number of anilines is 1. The molecule has 0 saturated carbocycles.